The molecule has 204 valence electrons. The zero-order chi connectivity index (χ0) is 27.7. The van der Waals surface area contributed by atoms with Gasteiger partial charge in [-0.1, -0.05) is 68.4 Å². The molecule has 1 amide bonds. The minimum absolute atomic E-state index is 0.0624. The van der Waals surface area contributed by atoms with E-state index in [1.807, 2.05) is 0 Å². The molecular weight excluding hydrogens is 487 g/mol. The van der Waals surface area contributed by atoms with Crippen molar-refractivity contribution in [3.63, 3.8) is 0 Å². The number of nitrogens with zero attached hydrogens (tertiary/aromatic N) is 1. The second-order valence-electron chi connectivity index (χ2n) is 10.6. The normalized spacial score (nSPS) is 16.5. The van der Waals surface area contributed by atoms with Crippen LogP contribution in [-0.2, 0) is 23.8 Å². The largest absolute Gasteiger partial charge is 0.508 e. The fourth-order valence-electron chi connectivity index (χ4n) is 4.91. The van der Waals surface area contributed by atoms with Gasteiger partial charge in [-0.25, -0.2) is 0 Å². The van der Waals surface area contributed by atoms with Crippen LogP contribution >= 0.6 is 0 Å². The molecule has 1 N–H and O–H groups in total. The van der Waals surface area contributed by atoms with E-state index in [-0.39, 0.29) is 17.6 Å². The number of phenols is 1. The van der Waals surface area contributed by atoms with Crippen LogP contribution in [0.3, 0.4) is 0 Å². The summed E-state index contributed by atoms with van der Waals surface area (Å²) >= 11 is 0. The molecule has 0 spiro atoms. The maximum Gasteiger partial charge on any atom is 0.416 e. The van der Waals surface area contributed by atoms with Gasteiger partial charge in [-0.15, -0.1) is 0 Å². The average Bonchev–Trinajstić information content (AvgIpc) is 2.88. The Bertz CT molecular complexity index is 1140. The molecule has 4 rings (SSSR count). The summed E-state index contributed by atoms with van der Waals surface area (Å²) in [6.45, 7) is 8.34. The highest BCUT2D eigenvalue weighted by Crippen LogP contribution is 2.30. The van der Waals surface area contributed by atoms with Gasteiger partial charge in [0.25, 0.3) is 0 Å². The Morgan fingerprint density at radius 1 is 0.947 bits per heavy atom. The monoisotopic (exact) mass is 525 g/mol. The van der Waals surface area contributed by atoms with Crippen LogP contribution in [-0.4, -0.2) is 29.0 Å². The van der Waals surface area contributed by atoms with Crippen molar-refractivity contribution in [3.05, 3.63) is 101 Å². The van der Waals surface area contributed by atoms with Crippen LogP contribution in [0.4, 0.5) is 13.2 Å². The highest BCUT2D eigenvalue weighted by Gasteiger charge is 2.30. The summed E-state index contributed by atoms with van der Waals surface area (Å²) < 4.78 is 35.5. The summed E-state index contributed by atoms with van der Waals surface area (Å²) in [5.41, 5.74) is 3.12. The smallest absolute Gasteiger partial charge is 0.416 e. The molecule has 1 heterocycles. The lowest BCUT2D eigenvalue weighted by atomic mass is 9.89. The predicted octanol–water partition coefficient (Wildman–Crippen LogP) is 7.88. The number of halogens is 3. The Kier molecular flexibility index (Phi) is 10.4. The van der Waals surface area contributed by atoms with Crippen LogP contribution in [0.25, 0.3) is 0 Å². The van der Waals surface area contributed by atoms with Crippen LogP contribution in [0.1, 0.15) is 61.8 Å². The Balaban J connectivity index is 0.000000304. The summed E-state index contributed by atoms with van der Waals surface area (Å²) in [4.78, 5) is 15.3. The third kappa shape index (κ3) is 8.93. The van der Waals surface area contributed by atoms with E-state index in [9.17, 15) is 18.0 Å². The summed E-state index contributed by atoms with van der Waals surface area (Å²) in [7, 11) is 0. The molecule has 1 aliphatic rings. The minimum Gasteiger partial charge on any atom is -0.508 e. The Morgan fingerprint density at radius 2 is 1.61 bits per heavy atom. The van der Waals surface area contributed by atoms with Gasteiger partial charge in [-0.2, -0.15) is 13.2 Å². The lowest BCUT2D eigenvalue weighted by Gasteiger charge is -2.34. The van der Waals surface area contributed by atoms with E-state index in [2.05, 4.69) is 80.3 Å². The number of hydrogen-bond acceptors (Lipinski definition) is 2. The number of carbonyl (C=O) groups excluding carboxylic acids is 1. The first kappa shape index (κ1) is 29.3. The van der Waals surface area contributed by atoms with Gasteiger partial charge in [0.05, 0.1) is 11.5 Å². The van der Waals surface area contributed by atoms with Crippen LogP contribution in [0, 0.1) is 11.8 Å². The maximum atomic E-state index is 13.2. The van der Waals surface area contributed by atoms with Crippen molar-refractivity contribution >= 4 is 5.91 Å². The standard InChI is InChI=1S/C25H33NO.C7H5F3O/c1-19(2)15-22-11-7-13-24(17-22)20(3)25(27)26-14-8-12-23(18-26)16-21-9-5-4-6-10-21;8-7(9,10)5-1-3-6(11)4-2-5/h4-7,9-11,13,17,19-20,23H,8,12,14-16,18H2,1-3H3;1-4,11H. The zero-order valence-electron chi connectivity index (χ0n) is 22.4. The second-order valence-corrected chi connectivity index (χ2v) is 10.6. The third-order valence-corrected chi connectivity index (χ3v) is 6.86. The summed E-state index contributed by atoms with van der Waals surface area (Å²) in [5.74, 6) is 1.26. The van der Waals surface area contributed by atoms with Crippen molar-refractivity contribution in [3.8, 4) is 5.75 Å². The van der Waals surface area contributed by atoms with Crippen molar-refractivity contribution in [1.29, 1.82) is 0 Å². The minimum atomic E-state index is -4.33. The highest BCUT2D eigenvalue weighted by molar-refractivity contribution is 5.83. The van der Waals surface area contributed by atoms with Crippen LogP contribution < -0.4 is 0 Å². The number of aromatic hydroxyl groups is 1. The first-order valence-corrected chi connectivity index (χ1v) is 13.3. The van der Waals surface area contributed by atoms with E-state index in [0.29, 0.717) is 11.8 Å². The number of carbonyl (C=O) groups is 1. The molecular formula is C32H38F3NO2. The zero-order valence-corrected chi connectivity index (χ0v) is 22.4. The van der Waals surface area contributed by atoms with Gasteiger partial charge in [0.2, 0.25) is 5.91 Å². The average molecular weight is 526 g/mol. The molecule has 1 saturated heterocycles. The quantitative estimate of drug-likeness (QED) is 0.356. The number of benzene rings is 3. The van der Waals surface area contributed by atoms with Crippen LogP contribution in [0.2, 0.25) is 0 Å². The van der Waals surface area contributed by atoms with Crippen LogP contribution in [0.5, 0.6) is 5.75 Å². The molecule has 3 nitrogen and oxygen atoms in total. The van der Waals surface area contributed by atoms with Gasteiger partial charge >= 0.3 is 6.18 Å². The molecule has 6 heteroatoms. The lowest BCUT2D eigenvalue weighted by molar-refractivity contribution is -0.137. The molecule has 2 unspecified atom stereocenters. The van der Waals surface area contributed by atoms with Gasteiger partial charge in [0, 0.05) is 13.1 Å². The lowest BCUT2D eigenvalue weighted by Crippen LogP contribution is -2.42. The van der Waals surface area contributed by atoms with E-state index >= 15 is 0 Å². The topological polar surface area (TPSA) is 40.5 Å². The Labute approximate surface area is 224 Å². The third-order valence-electron chi connectivity index (χ3n) is 6.86. The molecule has 3 aromatic rings. The number of piperidine rings is 1. The van der Waals surface area contributed by atoms with E-state index in [1.54, 1.807) is 0 Å². The van der Waals surface area contributed by atoms with E-state index in [1.165, 1.54) is 17.5 Å². The van der Waals surface area contributed by atoms with Gasteiger partial charge < -0.3 is 10.0 Å². The molecule has 2 atom stereocenters. The predicted molar refractivity (Wildman–Crippen MR) is 146 cm³/mol. The first-order valence-electron chi connectivity index (χ1n) is 13.3. The Morgan fingerprint density at radius 3 is 2.24 bits per heavy atom. The first-order chi connectivity index (χ1) is 18.0. The van der Waals surface area contributed by atoms with E-state index in [0.717, 1.165) is 62.2 Å². The summed E-state index contributed by atoms with van der Waals surface area (Å²) in [6.07, 6.45) is 0.147. The molecule has 0 aliphatic carbocycles. The molecule has 0 radical (unpaired) electrons. The fraction of sp³-hybridized carbons (Fsp3) is 0.406. The van der Waals surface area contributed by atoms with Crippen LogP contribution in [0.15, 0.2) is 78.9 Å². The molecule has 1 fully saturated rings. The number of likely N-dealkylation sites (tertiary alicyclic amines) is 1. The van der Waals surface area contributed by atoms with E-state index in [4.69, 9.17) is 5.11 Å². The summed E-state index contributed by atoms with van der Waals surface area (Å²) in [5, 5.41) is 8.66. The van der Waals surface area contributed by atoms with E-state index < -0.39 is 11.7 Å². The van der Waals surface area contributed by atoms with Gasteiger partial charge in [0.15, 0.2) is 0 Å². The van der Waals surface area contributed by atoms with Crippen molar-refractivity contribution in [2.75, 3.05) is 13.1 Å². The van der Waals surface area contributed by atoms with Crippen molar-refractivity contribution in [2.24, 2.45) is 11.8 Å². The number of rotatable bonds is 6. The highest BCUT2D eigenvalue weighted by atomic mass is 19.4. The number of phenolic OH excluding ortho intramolecular Hbond substituents is 1. The molecule has 0 bridgehead atoms. The van der Waals surface area contributed by atoms with Gasteiger partial charge in [-0.05, 0) is 85.4 Å². The van der Waals surface area contributed by atoms with Crippen molar-refractivity contribution in [2.45, 2.75) is 58.5 Å². The molecule has 38 heavy (non-hydrogen) atoms. The molecule has 1 aliphatic heterocycles. The van der Waals surface area contributed by atoms with Crippen molar-refractivity contribution in [1.82, 2.24) is 4.90 Å². The second kappa shape index (κ2) is 13.5. The SMILES string of the molecule is CC(C)Cc1cccc(C(C)C(=O)N2CCCC(Cc3ccccc3)C2)c1.Oc1ccc(C(F)(F)F)cc1. The number of alkyl halides is 3. The van der Waals surface area contributed by atoms with Gasteiger partial charge in [-0.3, -0.25) is 4.79 Å². The fourth-order valence-corrected chi connectivity index (χ4v) is 4.91. The number of hydrogen-bond donors (Lipinski definition) is 1. The maximum absolute atomic E-state index is 13.2. The van der Waals surface area contributed by atoms with Gasteiger partial charge in [0.1, 0.15) is 5.75 Å². The molecule has 0 saturated carbocycles. The Hall–Kier alpha value is -3.28. The molecule has 0 aromatic heterocycles. The van der Waals surface area contributed by atoms with Crippen molar-refractivity contribution < 1.29 is 23.1 Å². The number of amides is 1. The molecule has 3 aromatic carbocycles. The summed E-state index contributed by atoms with van der Waals surface area (Å²) in [6, 6.07) is 23.0.